The number of rotatable bonds is 2. The predicted molar refractivity (Wildman–Crippen MR) is 64.4 cm³/mol. The standard InChI is InChI=1S/C12H15BrN2/c13-9-3-1-2-8(4-9)5-15-6-10-11(7-15)12(10)14/h1-4,10-12H,5-7,14H2. The van der Waals surface area contributed by atoms with Crippen molar-refractivity contribution >= 4 is 15.9 Å². The lowest BCUT2D eigenvalue weighted by atomic mass is 10.2. The van der Waals surface area contributed by atoms with E-state index in [1.165, 1.54) is 23.1 Å². The molecule has 15 heavy (non-hydrogen) atoms. The number of piperidine rings is 1. The van der Waals surface area contributed by atoms with Crippen LogP contribution in [0.4, 0.5) is 0 Å². The van der Waals surface area contributed by atoms with E-state index >= 15 is 0 Å². The fraction of sp³-hybridized carbons (Fsp3) is 0.500. The highest BCUT2D eigenvalue weighted by molar-refractivity contribution is 9.10. The molecule has 0 amide bonds. The van der Waals surface area contributed by atoms with Crippen LogP contribution in [0.1, 0.15) is 5.56 Å². The summed E-state index contributed by atoms with van der Waals surface area (Å²) in [5.74, 6) is 1.58. The summed E-state index contributed by atoms with van der Waals surface area (Å²) in [6.07, 6.45) is 0. The van der Waals surface area contributed by atoms with Gasteiger partial charge in [0.05, 0.1) is 0 Å². The zero-order chi connectivity index (χ0) is 10.4. The molecule has 1 saturated heterocycles. The van der Waals surface area contributed by atoms with E-state index in [2.05, 4.69) is 45.1 Å². The molecule has 0 bridgehead atoms. The number of likely N-dealkylation sites (tertiary alicyclic amines) is 1. The van der Waals surface area contributed by atoms with Crippen molar-refractivity contribution in [2.45, 2.75) is 12.6 Å². The van der Waals surface area contributed by atoms with Gasteiger partial charge in [-0.2, -0.15) is 0 Å². The molecule has 80 valence electrons. The number of fused-ring (bicyclic) bond motifs is 1. The Morgan fingerprint density at radius 1 is 1.33 bits per heavy atom. The molecule has 1 aromatic carbocycles. The Balaban J connectivity index is 1.63. The maximum Gasteiger partial charge on any atom is 0.0234 e. The number of halogens is 1. The van der Waals surface area contributed by atoms with Crippen LogP contribution in [0.3, 0.4) is 0 Å². The second-order valence-corrected chi connectivity index (χ2v) is 5.64. The average Bonchev–Trinajstić information content (AvgIpc) is 2.63. The minimum Gasteiger partial charge on any atom is -0.327 e. The SMILES string of the molecule is NC1C2CN(Cc3cccc(Br)c3)CC12. The molecule has 0 radical (unpaired) electrons. The Bertz CT molecular complexity index is 368. The first-order valence-electron chi connectivity index (χ1n) is 5.46. The van der Waals surface area contributed by atoms with Gasteiger partial charge in [-0.05, 0) is 29.5 Å². The van der Waals surface area contributed by atoms with Crippen LogP contribution < -0.4 is 5.73 Å². The van der Waals surface area contributed by atoms with Crippen LogP contribution >= 0.6 is 15.9 Å². The number of nitrogens with zero attached hydrogens (tertiary/aromatic N) is 1. The van der Waals surface area contributed by atoms with Crippen molar-refractivity contribution in [3.63, 3.8) is 0 Å². The molecule has 3 heteroatoms. The van der Waals surface area contributed by atoms with Crippen LogP contribution in [0.15, 0.2) is 28.7 Å². The Hall–Kier alpha value is -0.380. The summed E-state index contributed by atoms with van der Waals surface area (Å²) in [6, 6.07) is 9.06. The molecule has 2 unspecified atom stereocenters. The molecule has 3 rings (SSSR count). The molecule has 2 N–H and O–H groups in total. The van der Waals surface area contributed by atoms with Gasteiger partial charge in [-0.15, -0.1) is 0 Å². The molecule has 2 atom stereocenters. The normalized spacial score (nSPS) is 34.1. The topological polar surface area (TPSA) is 29.3 Å². The smallest absolute Gasteiger partial charge is 0.0234 e. The molecule has 1 aliphatic heterocycles. The molecule has 2 fully saturated rings. The Morgan fingerprint density at radius 2 is 2.07 bits per heavy atom. The van der Waals surface area contributed by atoms with E-state index in [1.807, 2.05) is 0 Å². The van der Waals surface area contributed by atoms with Crippen LogP contribution in [-0.2, 0) is 6.54 Å². The van der Waals surface area contributed by atoms with Crippen LogP contribution in [0.5, 0.6) is 0 Å². The maximum atomic E-state index is 5.92. The summed E-state index contributed by atoms with van der Waals surface area (Å²) in [4.78, 5) is 2.51. The molecular weight excluding hydrogens is 252 g/mol. The van der Waals surface area contributed by atoms with Gasteiger partial charge in [-0.3, -0.25) is 4.90 Å². The van der Waals surface area contributed by atoms with E-state index in [-0.39, 0.29) is 0 Å². The van der Waals surface area contributed by atoms with Crippen LogP contribution in [0.2, 0.25) is 0 Å². The monoisotopic (exact) mass is 266 g/mol. The van der Waals surface area contributed by atoms with Crippen molar-refractivity contribution in [2.24, 2.45) is 17.6 Å². The molecule has 2 aliphatic rings. The van der Waals surface area contributed by atoms with Crippen LogP contribution in [0.25, 0.3) is 0 Å². The third kappa shape index (κ3) is 1.84. The molecule has 1 saturated carbocycles. The first kappa shape index (κ1) is 9.82. The Kier molecular flexibility index (Phi) is 2.34. The molecule has 0 aromatic heterocycles. The number of hydrogen-bond donors (Lipinski definition) is 1. The molecular formula is C12H15BrN2. The van der Waals surface area contributed by atoms with Crippen molar-refractivity contribution in [1.82, 2.24) is 4.90 Å². The van der Waals surface area contributed by atoms with Gasteiger partial charge >= 0.3 is 0 Å². The summed E-state index contributed by atoms with van der Waals surface area (Å²) in [7, 11) is 0. The molecule has 0 spiro atoms. The van der Waals surface area contributed by atoms with Gasteiger partial charge in [0.1, 0.15) is 0 Å². The lowest BCUT2D eigenvalue weighted by Gasteiger charge is -2.18. The van der Waals surface area contributed by atoms with E-state index in [4.69, 9.17) is 5.73 Å². The van der Waals surface area contributed by atoms with Gasteiger partial charge in [-0.25, -0.2) is 0 Å². The van der Waals surface area contributed by atoms with Gasteiger partial charge in [-0.1, -0.05) is 28.1 Å². The van der Waals surface area contributed by atoms with E-state index in [1.54, 1.807) is 0 Å². The van der Waals surface area contributed by atoms with Crippen molar-refractivity contribution in [1.29, 1.82) is 0 Å². The zero-order valence-electron chi connectivity index (χ0n) is 8.57. The third-order valence-corrected chi connectivity index (χ3v) is 4.12. The zero-order valence-corrected chi connectivity index (χ0v) is 10.2. The Labute approximate surface area is 98.6 Å². The summed E-state index contributed by atoms with van der Waals surface area (Å²) in [5, 5.41) is 0. The Morgan fingerprint density at radius 3 is 2.73 bits per heavy atom. The highest BCUT2D eigenvalue weighted by atomic mass is 79.9. The lowest BCUT2D eigenvalue weighted by Crippen LogP contribution is -2.27. The summed E-state index contributed by atoms with van der Waals surface area (Å²) in [5.41, 5.74) is 7.31. The highest BCUT2D eigenvalue weighted by Gasteiger charge is 2.53. The van der Waals surface area contributed by atoms with Crippen LogP contribution in [0, 0.1) is 11.8 Å². The van der Waals surface area contributed by atoms with Gasteiger partial charge in [0, 0.05) is 30.1 Å². The minimum absolute atomic E-state index is 0.503. The fourth-order valence-corrected chi connectivity index (χ4v) is 3.13. The van der Waals surface area contributed by atoms with E-state index in [9.17, 15) is 0 Å². The maximum absolute atomic E-state index is 5.92. The summed E-state index contributed by atoms with van der Waals surface area (Å²) in [6.45, 7) is 3.45. The van der Waals surface area contributed by atoms with Crippen molar-refractivity contribution in [2.75, 3.05) is 13.1 Å². The number of benzene rings is 1. The summed E-state index contributed by atoms with van der Waals surface area (Å²) >= 11 is 3.50. The number of nitrogens with two attached hydrogens (primary N) is 1. The first-order valence-corrected chi connectivity index (χ1v) is 6.26. The largest absolute Gasteiger partial charge is 0.327 e. The average molecular weight is 267 g/mol. The van der Waals surface area contributed by atoms with E-state index in [0.29, 0.717) is 6.04 Å². The van der Waals surface area contributed by atoms with Gasteiger partial charge in [0.2, 0.25) is 0 Å². The van der Waals surface area contributed by atoms with Crippen molar-refractivity contribution in [3.05, 3.63) is 34.3 Å². The number of hydrogen-bond acceptors (Lipinski definition) is 2. The fourth-order valence-electron chi connectivity index (χ4n) is 2.68. The van der Waals surface area contributed by atoms with Crippen molar-refractivity contribution in [3.8, 4) is 0 Å². The van der Waals surface area contributed by atoms with Gasteiger partial charge in [0.15, 0.2) is 0 Å². The quantitative estimate of drug-likeness (QED) is 0.886. The van der Waals surface area contributed by atoms with E-state index < -0.39 is 0 Å². The predicted octanol–water partition coefficient (Wildman–Crippen LogP) is 1.84. The minimum atomic E-state index is 0.503. The second-order valence-electron chi connectivity index (χ2n) is 4.73. The molecule has 1 aliphatic carbocycles. The van der Waals surface area contributed by atoms with Crippen LogP contribution in [-0.4, -0.2) is 24.0 Å². The lowest BCUT2D eigenvalue weighted by molar-refractivity contribution is 0.290. The second kappa shape index (κ2) is 3.58. The van der Waals surface area contributed by atoms with Gasteiger partial charge in [0.25, 0.3) is 0 Å². The first-order chi connectivity index (χ1) is 7.24. The highest BCUT2D eigenvalue weighted by Crippen LogP contribution is 2.44. The third-order valence-electron chi connectivity index (χ3n) is 3.63. The molecule has 1 heterocycles. The van der Waals surface area contributed by atoms with E-state index in [0.717, 1.165) is 18.4 Å². The molecule has 2 nitrogen and oxygen atoms in total. The summed E-state index contributed by atoms with van der Waals surface area (Å²) < 4.78 is 1.17. The van der Waals surface area contributed by atoms with Gasteiger partial charge < -0.3 is 5.73 Å². The van der Waals surface area contributed by atoms with Crippen molar-refractivity contribution < 1.29 is 0 Å². The molecule has 1 aromatic rings.